The van der Waals surface area contributed by atoms with Crippen LogP contribution in [0.2, 0.25) is 0 Å². The largest absolute Gasteiger partial charge is 0.356 e. The Kier molecular flexibility index (Phi) is 7.28. The topological polar surface area (TPSA) is 47.9 Å². The van der Waals surface area contributed by atoms with Crippen LogP contribution < -0.4 is 5.32 Å². The molecule has 5 heteroatoms. The van der Waals surface area contributed by atoms with Gasteiger partial charge < -0.3 is 15.1 Å². The lowest BCUT2D eigenvalue weighted by Gasteiger charge is -2.22. The summed E-state index contributed by atoms with van der Waals surface area (Å²) in [5.41, 5.74) is 3.30. The normalized spacial score (nSPS) is 16.7. The van der Waals surface area contributed by atoms with Crippen LogP contribution in [-0.2, 0) is 12.8 Å². The van der Waals surface area contributed by atoms with E-state index in [1.807, 2.05) is 25.2 Å². The Morgan fingerprint density at radius 1 is 1.14 bits per heavy atom. The molecule has 1 aliphatic heterocycles. The molecule has 1 atom stereocenters. The predicted octanol–water partition coefficient (Wildman–Crippen LogP) is 3.07. The third-order valence-corrected chi connectivity index (χ3v) is 5.44. The number of guanidine groups is 1. The third-order valence-electron chi connectivity index (χ3n) is 5.44. The first-order valence-corrected chi connectivity index (χ1v) is 10.4. The molecule has 1 aliphatic rings. The van der Waals surface area contributed by atoms with Gasteiger partial charge in [0.15, 0.2) is 5.96 Å². The van der Waals surface area contributed by atoms with Crippen molar-refractivity contribution in [2.24, 2.45) is 10.9 Å². The Labute approximate surface area is 174 Å². The van der Waals surface area contributed by atoms with Gasteiger partial charge in [-0.25, -0.2) is 0 Å². The zero-order valence-corrected chi connectivity index (χ0v) is 17.8. The molecule has 1 unspecified atom stereocenters. The molecule has 0 bridgehead atoms. The van der Waals surface area contributed by atoms with Crippen molar-refractivity contribution in [1.82, 2.24) is 15.1 Å². The van der Waals surface area contributed by atoms with Crippen LogP contribution >= 0.6 is 0 Å². The number of rotatable bonds is 6. The molecule has 29 heavy (non-hydrogen) atoms. The molecule has 0 aromatic heterocycles. The number of amides is 1. The van der Waals surface area contributed by atoms with Crippen LogP contribution in [0.3, 0.4) is 0 Å². The fourth-order valence-corrected chi connectivity index (χ4v) is 3.91. The van der Waals surface area contributed by atoms with Crippen LogP contribution in [0.5, 0.6) is 0 Å². The minimum Gasteiger partial charge on any atom is -0.356 e. The molecule has 1 N–H and O–H groups in total. The fraction of sp³-hybridized carbons (Fsp3) is 0.417. The van der Waals surface area contributed by atoms with Crippen molar-refractivity contribution in [2.75, 3.05) is 40.8 Å². The quantitative estimate of drug-likeness (QED) is 0.607. The minimum atomic E-state index is 0.0390. The van der Waals surface area contributed by atoms with Crippen molar-refractivity contribution >= 4 is 11.9 Å². The van der Waals surface area contributed by atoms with Crippen molar-refractivity contribution in [1.29, 1.82) is 0 Å². The van der Waals surface area contributed by atoms with E-state index in [1.54, 1.807) is 19.0 Å². The summed E-state index contributed by atoms with van der Waals surface area (Å²) >= 11 is 0. The van der Waals surface area contributed by atoms with Gasteiger partial charge >= 0.3 is 0 Å². The smallest absolute Gasteiger partial charge is 0.253 e. The Bertz CT molecular complexity index is 832. The molecule has 1 amide bonds. The van der Waals surface area contributed by atoms with Crippen LogP contribution in [0.4, 0.5) is 0 Å². The number of nitrogens with one attached hydrogen (secondary N) is 1. The molecule has 0 spiro atoms. The Morgan fingerprint density at radius 3 is 2.62 bits per heavy atom. The zero-order valence-electron chi connectivity index (χ0n) is 17.8. The van der Waals surface area contributed by atoms with Crippen molar-refractivity contribution in [3.8, 4) is 0 Å². The number of carbonyl (C=O) groups excluding carboxylic acids is 1. The molecule has 0 radical (unpaired) electrons. The second kappa shape index (κ2) is 10.1. The van der Waals surface area contributed by atoms with Gasteiger partial charge in [-0.15, -0.1) is 0 Å². The number of hydrogen-bond acceptors (Lipinski definition) is 2. The van der Waals surface area contributed by atoms with Crippen LogP contribution in [0.15, 0.2) is 59.6 Å². The number of nitrogens with zero attached hydrogens (tertiary/aromatic N) is 3. The van der Waals surface area contributed by atoms with Gasteiger partial charge in [0.2, 0.25) is 0 Å². The SMILES string of the molecule is CN=C(NCCc1cccc(C(=O)N(C)C)c1)N1CCC(Cc2ccccc2)C1. The molecule has 1 fully saturated rings. The maximum atomic E-state index is 12.1. The molecule has 2 aromatic rings. The highest BCUT2D eigenvalue weighted by atomic mass is 16.2. The molecule has 3 rings (SSSR count). The average molecular weight is 393 g/mol. The Hall–Kier alpha value is -2.82. The molecule has 1 saturated heterocycles. The molecular weight excluding hydrogens is 360 g/mol. The lowest BCUT2D eigenvalue weighted by Crippen LogP contribution is -2.41. The van der Waals surface area contributed by atoms with E-state index in [0.717, 1.165) is 49.6 Å². The van der Waals surface area contributed by atoms with Crippen molar-refractivity contribution in [2.45, 2.75) is 19.3 Å². The number of aliphatic imine (C=N–C) groups is 1. The highest BCUT2D eigenvalue weighted by molar-refractivity contribution is 5.94. The highest BCUT2D eigenvalue weighted by Crippen LogP contribution is 2.20. The summed E-state index contributed by atoms with van der Waals surface area (Å²) in [6.45, 7) is 2.89. The van der Waals surface area contributed by atoms with E-state index in [2.05, 4.69) is 51.6 Å². The number of benzene rings is 2. The monoisotopic (exact) mass is 392 g/mol. The summed E-state index contributed by atoms with van der Waals surface area (Å²) in [4.78, 5) is 20.6. The fourth-order valence-electron chi connectivity index (χ4n) is 3.91. The molecule has 5 nitrogen and oxygen atoms in total. The second-order valence-electron chi connectivity index (χ2n) is 7.91. The van der Waals surface area contributed by atoms with E-state index in [1.165, 1.54) is 12.0 Å². The standard InChI is InChI=1S/C24H32N4O/c1-25-24(28-15-13-21(18-28)16-19-8-5-4-6-9-19)26-14-12-20-10-7-11-22(17-20)23(29)27(2)3/h4-11,17,21H,12-16,18H2,1-3H3,(H,25,26). The summed E-state index contributed by atoms with van der Waals surface area (Å²) in [5, 5.41) is 3.50. The zero-order chi connectivity index (χ0) is 20.6. The van der Waals surface area contributed by atoms with E-state index in [-0.39, 0.29) is 5.91 Å². The Balaban J connectivity index is 1.49. The molecule has 2 aromatic carbocycles. The van der Waals surface area contributed by atoms with Crippen molar-refractivity contribution in [3.05, 3.63) is 71.3 Å². The van der Waals surface area contributed by atoms with Crippen LogP contribution in [-0.4, -0.2) is 62.4 Å². The van der Waals surface area contributed by atoms with Crippen molar-refractivity contribution in [3.63, 3.8) is 0 Å². The van der Waals surface area contributed by atoms with Crippen LogP contribution in [0.25, 0.3) is 0 Å². The second-order valence-corrected chi connectivity index (χ2v) is 7.91. The number of carbonyl (C=O) groups is 1. The molecule has 0 aliphatic carbocycles. The average Bonchev–Trinajstić information content (AvgIpc) is 3.19. The summed E-state index contributed by atoms with van der Waals surface area (Å²) in [6.07, 6.45) is 3.18. The van der Waals surface area contributed by atoms with Gasteiger partial charge in [-0.05, 0) is 48.4 Å². The first-order valence-electron chi connectivity index (χ1n) is 10.4. The highest BCUT2D eigenvalue weighted by Gasteiger charge is 2.24. The minimum absolute atomic E-state index is 0.0390. The van der Waals surface area contributed by atoms with Gasteiger partial charge in [0.05, 0.1) is 0 Å². The predicted molar refractivity (Wildman–Crippen MR) is 119 cm³/mol. The lowest BCUT2D eigenvalue weighted by molar-refractivity contribution is 0.0827. The summed E-state index contributed by atoms with van der Waals surface area (Å²) in [5.74, 6) is 1.68. The number of hydrogen-bond donors (Lipinski definition) is 1. The van der Waals surface area contributed by atoms with Gasteiger partial charge in [0, 0.05) is 46.3 Å². The van der Waals surface area contributed by atoms with Gasteiger partial charge in [-0.2, -0.15) is 0 Å². The van der Waals surface area contributed by atoms with E-state index < -0.39 is 0 Å². The maximum Gasteiger partial charge on any atom is 0.253 e. The van der Waals surface area contributed by atoms with E-state index in [9.17, 15) is 4.79 Å². The van der Waals surface area contributed by atoms with Gasteiger partial charge in [-0.3, -0.25) is 9.79 Å². The van der Waals surface area contributed by atoms with Gasteiger partial charge in [-0.1, -0.05) is 42.5 Å². The Morgan fingerprint density at radius 2 is 1.90 bits per heavy atom. The summed E-state index contributed by atoms with van der Waals surface area (Å²) < 4.78 is 0. The molecular formula is C24H32N4O. The van der Waals surface area contributed by atoms with Gasteiger partial charge in [0.1, 0.15) is 0 Å². The van der Waals surface area contributed by atoms with Crippen LogP contribution in [0.1, 0.15) is 27.9 Å². The molecule has 154 valence electrons. The molecule has 0 saturated carbocycles. The lowest BCUT2D eigenvalue weighted by atomic mass is 9.99. The van der Waals surface area contributed by atoms with Gasteiger partial charge in [0.25, 0.3) is 5.91 Å². The first-order chi connectivity index (χ1) is 14.1. The first kappa shape index (κ1) is 20.9. The third kappa shape index (κ3) is 5.83. The summed E-state index contributed by atoms with van der Waals surface area (Å²) in [6, 6.07) is 18.6. The maximum absolute atomic E-state index is 12.1. The number of likely N-dealkylation sites (tertiary alicyclic amines) is 1. The molecule has 1 heterocycles. The summed E-state index contributed by atoms with van der Waals surface area (Å²) in [7, 11) is 5.41. The van der Waals surface area contributed by atoms with E-state index in [0.29, 0.717) is 5.92 Å². The van der Waals surface area contributed by atoms with E-state index >= 15 is 0 Å². The van der Waals surface area contributed by atoms with E-state index in [4.69, 9.17) is 0 Å². The van der Waals surface area contributed by atoms with Crippen molar-refractivity contribution < 1.29 is 4.79 Å². The van der Waals surface area contributed by atoms with Crippen LogP contribution in [0, 0.1) is 5.92 Å².